The van der Waals surface area contributed by atoms with Crippen LogP contribution in [-0.4, -0.2) is 32.9 Å². The molecule has 1 aromatic carbocycles. The summed E-state index contributed by atoms with van der Waals surface area (Å²) in [5.41, 5.74) is 6.86. The molecule has 2 aromatic rings. The summed E-state index contributed by atoms with van der Waals surface area (Å²) in [5, 5.41) is 0. The molecular formula is C19H22F4N4O. The van der Waals surface area contributed by atoms with Crippen molar-refractivity contribution in [3.8, 4) is 0 Å². The molecule has 28 heavy (non-hydrogen) atoms. The Labute approximate surface area is 160 Å². The van der Waals surface area contributed by atoms with E-state index >= 15 is 0 Å². The number of alkyl halides is 2. The van der Waals surface area contributed by atoms with Crippen molar-refractivity contribution in [1.82, 2.24) is 14.5 Å². The zero-order valence-electron chi connectivity index (χ0n) is 15.6. The SMILES string of the molecule is Cc1cc(F)c(CC(N)CC(=O)N2CCn3c(cnc3C(F)F)C2C)cc1F. The van der Waals surface area contributed by atoms with Crippen LogP contribution in [0.3, 0.4) is 0 Å². The van der Waals surface area contributed by atoms with Gasteiger partial charge in [0.2, 0.25) is 5.91 Å². The molecule has 152 valence electrons. The fourth-order valence-corrected chi connectivity index (χ4v) is 3.60. The Bertz CT molecular complexity index is 883. The lowest BCUT2D eigenvalue weighted by Gasteiger charge is -2.35. The van der Waals surface area contributed by atoms with Gasteiger partial charge in [0, 0.05) is 25.6 Å². The Balaban J connectivity index is 1.67. The number of nitrogens with zero attached hydrogens (tertiary/aromatic N) is 3. The zero-order valence-corrected chi connectivity index (χ0v) is 15.6. The zero-order chi connectivity index (χ0) is 20.6. The quantitative estimate of drug-likeness (QED) is 0.787. The molecule has 1 amide bonds. The molecule has 2 heterocycles. The highest BCUT2D eigenvalue weighted by molar-refractivity contribution is 5.77. The molecule has 2 unspecified atom stereocenters. The number of aromatic nitrogens is 2. The van der Waals surface area contributed by atoms with E-state index in [1.54, 1.807) is 11.8 Å². The van der Waals surface area contributed by atoms with Gasteiger partial charge in [0.15, 0.2) is 5.82 Å². The monoisotopic (exact) mass is 398 g/mol. The largest absolute Gasteiger partial charge is 0.333 e. The minimum Gasteiger partial charge on any atom is -0.333 e. The van der Waals surface area contributed by atoms with Crippen molar-refractivity contribution in [1.29, 1.82) is 0 Å². The number of halogens is 4. The number of carbonyl (C=O) groups is 1. The van der Waals surface area contributed by atoms with Crippen molar-refractivity contribution in [3.63, 3.8) is 0 Å². The standard InChI is InChI=1S/C19H22F4N4O/c1-10-5-15(21)12(7-14(10)20)6-13(24)8-17(28)26-3-4-27-16(11(26)2)9-25-19(27)18(22)23/h5,7,9,11,13,18H,3-4,6,8,24H2,1-2H3. The third-order valence-corrected chi connectivity index (χ3v) is 5.14. The second-order valence-electron chi connectivity index (χ2n) is 7.12. The summed E-state index contributed by atoms with van der Waals surface area (Å²) >= 11 is 0. The van der Waals surface area contributed by atoms with Crippen LogP contribution in [0.4, 0.5) is 17.6 Å². The molecule has 2 atom stereocenters. The normalized spacial score (nSPS) is 17.7. The van der Waals surface area contributed by atoms with Crippen LogP contribution in [-0.2, 0) is 17.8 Å². The van der Waals surface area contributed by atoms with Crippen molar-refractivity contribution >= 4 is 5.91 Å². The molecule has 0 bridgehead atoms. The molecule has 2 N–H and O–H groups in total. The maximum absolute atomic E-state index is 14.0. The number of amides is 1. The number of hydrogen-bond acceptors (Lipinski definition) is 3. The van der Waals surface area contributed by atoms with Gasteiger partial charge in [0.25, 0.3) is 6.43 Å². The van der Waals surface area contributed by atoms with Crippen LogP contribution < -0.4 is 5.73 Å². The maximum atomic E-state index is 14.0. The van der Waals surface area contributed by atoms with E-state index in [2.05, 4.69) is 4.98 Å². The molecule has 3 rings (SSSR count). The van der Waals surface area contributed by atoms with Gasteiger partial charge in [-0.2, -0.15) is 0 Å². The van der Waals surface area contributed by atoms with E-state index in [0.29, 0.717) is 5.69 Å². The minimum absolute atomic E-state index is 0.0183. The van der Waals surface area contributed by atoms with Gasteiger partial charge in [-0.25, -0.2) is 22.5 Å². The molecule has 0 radical (unpaired) electrons. The topological polar surface area (TPSA) is 64.2 Å². The van der Waals surface area contributed by atoms with Crippen molar-refractivity contribution in [2.24, 2.45) is 5.73 Å². The molecule has 5 nitrogen and oxygen atoms in total. The van der Waals surface area contributed by atoms with E-state index in [4.69, 9.17) is 5.73 Å². The molecular weight excluding hydrogens is 376 g/mol. The number of imidazole rings is 1. The molecule has 0 fully saturated rings. The Morgan fingerprint density at radius 2 is 2.00 bits per heavy atom. The number of benzene rings is 1. The second kappa shape index (κ2) is 7.90. The highest BCUT2D eigenvalue weighted by atomic mass is 19.3. The summed E-state index contributed by atoms with van der Waals surface area (Å²) in [6, 6.07) is 1.08. The lowest BCUT2D eigenvalue weighted by Crippen LogP contribution is -2.43. The van der Waals surface area contributed by atoms with Crippen LogP contribution >= 0.6 is 0 Å². The first-order valence-corrected chi connectivity index (χ1v) is 9.02. The van der Waals surface area contributed by atoms with Crippen molar-refractivity contribution in [2.45, 2.75) is 51.7 Å². The lowest BCUT2D eigenvalue weighted by atomic mass is 10.0. The van der Waals surface area contributed by atoms with E-state index in [0.717, 1.165) is 12.1 Å². The smallest absolute Gasteiger partial charge is 0.295 e. The summed E-state index contributed by atoms with van der Waals surface area (Å²) in [7, 11) is 0. The van der Waals surface area contributed by atoms with Gasteiger partial charge in [-0.1, -0.05) is 0 Å². The number of rotatable bonds is 5. The molecule has 1 aliphatic heterocycles. The average molecular weight is 398 g/mol. The van der Waals surface area contributed by atoms with Crippen molar-refractivity contribution < 1.29 is 22.4 Å². The van der Waals surface area contributed by atoms with E-state index in [-0.39, 0.29) is 48.8 Å². The number of nitrogens with two attached hydrogens (primary N) is 1. The minimum atomic E-state index is -2.68. The van der Waals surface area contributed by atoms with Gasteiger partial charge in [0.1, 0.15) is 11.6 Å². The van der Waals surface area contributed by atoms with Crippen molar-refractivity contribution in [3.05, 3.63) is 52.6 Å². The van der Waals surface area contributed by atoms with E-state index < -0.39 is 30.1 Å². The Morgan fingerprint density at radius 1 is 1.29 bits per heavy atom. The molecule has 0 aliphatic carbocycles. The first kappa shape index (κ1) is 20.3. The van der Waals surface area contributed by atoms with Gasteiger partial charge in [-0.3, -0.25) is 4.79 Å². The van der Waals surface area contributed by atoms with E-state index in [1.165, 1.54) is 17.7 Å². The molecule has 1 aromatic heterocycles. The van der Waals surface area contributed by atoms with Crippen LogP contribution in [0.1, 0.15) is 48.5 Å². The fourth-order valence-electron chi connectivity index (χ4n) is 3.60. The lowest BCUT2D eigenvalue weighted by molar-refractivity contribution is -0.134. The maximum Gasteiger partial charge on any atom is 0.295 e. The van der Waals surface area contributed by atoms with Gasteiger partial charge in [-0.05, 0) is 43.5 Å². The molecule has 9 heteroatoms. The molecule has 1 aliphatic rings. The summed E-state index contributed by atoms with van der Waals surface area (Å²) in [6.07, 6.45) is -1.36. The summed E-state index contributed by atoms with van der Waals surface area (Å²) < 4.78 is 55.1. The molecule has 0 saturated carbocycles. The van der Waals surface area contributed by atoms with E-state index in [1.807, 2.05) is 0 Å². The third-order valence-electron chi connectivity index (χ3n) is 5.14. The predicted octanol–water partition coefficient (Wildman–Crippen LogP) is 3.27. The number of fused-ring (bicyclic) bond motifs is 1. The Kier molecular flexibility index (Phi) is 5.74. The Hall–Kier alpha value is -2.42. The van der Waals surface area contributed by atoms with Crippen LogP contribution in [0.2, 0.25) is 0 Å². The van der Waals surface area contributed by atoms with Gasteiger partial charge in [0.05, 0.1) is 17.9 Å². The molecule has 0 saturated heterocycles. The highest BCUT2D eigenvalue weighted by Gasteiger charge is 2.32. The van der Waals surface area contributed by atoms with Gasteiger partial charge >= 0.3 is 0 Å². The number of aryl methyl sites for hydroxylation is 1. The number of hydrogen-bond donors (Lipinski definition) is 1. The predicted molar refractivity (Wildman–Crippen MR) is 94.7 cm³/mol. The van der Waals surface area contributed by atoms with Crippen LogP contribution in [0.25, 0.3) is 0 Å². The van der Waals surface area contributed by atoms with E-state index in [9.17, 15) is 22.4 Å². The third kappa shape index (κ3) is 3.89. The number of carbonyl (C=O) groups excluding carboxylic acids is 1. The van der Waals surface area contributed by atoms with Crippen LogP contribution in [0.5, 0.6) is 0 Å². The fraction of sp³-hybridized carbons (Fsp3) is 0.474. The summed E-state index contributed by atoms with van der Waals surface area (Å²) in [6.45, 7) is 3.68. The summed E-state index contributed by atoms with van der Waals surface area (Å²) in [4.78, 5) is 18.0. The van der Waals surface area contributed by atoms with Crippen molar-refractivity contribution in [2.75, 3.05) is 6.54 Å². The summed E-state index contributed by atoms with van der Waals surface area (Å²) in [5.74, 6) is -1.65. The average Bonchev–Trinajstić information content (AvgIpc) is 3.05. The van der Waals surface area contributed by atoms with Gasteiger partial charge < -0.3 is 15.2 Å². The first-order valence-electron chi connectivity index (χ1n) is 9.02. The molecule has 0 spiro atoms. The van der Waals surface area contributed by atoms with Crippen LogP contribution in [0, 0.1) is 18.6 Å². The highest BCUT2D eigenvalue weighted by Crippen LogP contribution is 2.30. The van der Waals surface area contributed by atoms with Crippen LogP contribution in [0.15, 0.2) is 18.3 Å². The van der Waals surface area contributed by atoms with Gasteiger partial charge in [-0.15, -0.1) is 0 Å². The second-order valence-corrected chi connectivity index (χ2v) is 7.12. The first-order chi connectivity index (χ1) is 13.2. The Morgan fingerprint density at radius 3 is 2.68 bits per heavy atom.